The monoisotopic (exact) mass is 283 g/mol. The van der Waals surface area contributed by atoms with E-state index in [-0.39, 0.29) is 11.6 Å². The van der Waals surface area contributed by atoms with Crippen molar-refractivity contribution in [2.75, 3.05) is 7.11 Å². The standard InChI is InChI=1S/C15H13N3O3/c1-9-4-11(6-16)5-10(2)14(9)21-13-8-17-7-12(18-13)15(19)20-3/h4-5,7-8H,1-3H3. The van der Waals surface area contributed by atoms with Gasteiger partial charge in [0.2, 0.25) is 5.88 Å². The van der Waals surface area contributed by atoms with Gasteiger partial charge in [-0.15, -0.1) is 0 Å². The molecule has 6 nitrogen and oxygen atoms in total. The Labute approximate surface area is 122 Å². The lowest BCUT2D eigenvalue weighted by molar-refractivity contribution is 0.0592. The number of aromatic nitrogens is 2. The molecule has 0 bridgehead atoms. The summed E-state index contributed by atoms with van der Waals surface area (Å²) in [5.74, 6) is 0.195. The molecular weight excluding hydrogens is 270 g/mol. The van der Waals surface area contributed by atoms with Crippen molar-refractivity contribution in [3.8, 4) is 17.7 Å². The van der Waals surface area contributed by atoms with E-state index in [1.54, 1.807) is 12.1 Å². The highest BCUT2D eigenvalue weighted by Crippen LogP contribution is 2.28. The van der Waals surface area contributed by atoms with Crippen molar-refractivity contribution in [3.05, 3.63) is 46.9 Å². The third-order valence-corrected chi connectivity index (χ3v) is 2.80. The number of methoxy groups -OCH3 is 1. The van der Waals surface area contributed by atoms with Gasteiger partial charge in [0.25, 0.3) is 0 Å². The van der Waals surface area contributed by atoms with Gasteiger partial charge in [0.15, 0.2) is 5.69 Å². The fourth-order valence-electron chi connectivity index (χ4n) is 1.88. The fourth-order valence-corrected chi connectivity index (χ4v) is 1.88. The Morgan fingerprint density at radius 1 is 1.24 bits per heavy atom. The maximum atomic E-state index is 11.4. The van der Waals surface area contributed by atoms with Gasteiger partial charge in [-0.2, -0.15) is 5.26 Å². The molecule has 0 spiro atoms. The fraction of sp³-hybridized carbons (Fsp3) is 0.200. The highest BCUT2D eigenvalue weighted by Gasteiger charge is 2.12. The highest BCUT2D eigenvalue weighted by molar-refractivity contribution is 5.86. The van der Waals surface area contributed by atoms with Gasteiger partial charge < -0.3 is 9.47 Å². The summed E-state index contributed by atoms with van der Waals surface area (Å²) in [6.45, 7) is 3.67. The second kappa shape index (κ2) is 6.01. The van der Waals surface area contributed by atoms with E-state index in [0.717, 1.165) is 11.1 Å². The quantitative estimate of drug-likeness (QED) is 0.805. The Balaban J connectivity index is 2.35. The summed E-state index contributed by atoms with van der Waals surface area (Å²) in [4.78, 5) is 19.4. The van der Waals surface area contributed by atoms with E-state index in [1.807, 2.05) is 13.8 Å². The van der Waals surface area contributed by atoms with Crippen LogP contribution in [-0.2, 0) is 4.74 Å². The number of aryl methyl sites for hydroxylation is 2. The second-order valence-corrected chi connectivity index (χ2v) is 4.39. The third kappa shape index (κ3) is 3.15. The molecule has 0 atom stereocenters. The van der Waals surface area contributed by atoms with Crippen LogP contribution in [0.15, 0.2) is 24.5 Å². The minimum absolute atomic E-state index is 0.0685. The number of esters is 1. The Morgan fingerprint density at radius 2 is 1.90 bits per heavy atom. The summed E-state index contributed by atoms with van der Waals surface area (Å²) < 4.78 is 10.3. The van der Waals surface area contributed by atoms with E-state index in [4.69, 9.17) is 10.00 Å². The molecule has 0 amide bonds. The van der Waals surface area contributed by atoms with Gasteiger partial charge >= 0.3 is 5.97 Å². The zero-order valence-electron chi connectivity index (χ0n) is 11.9. The molecule has 2 rings (SSSR count). The molecule has 0 unspecified atom stereocenters. The topological polar surface area (TPSA) is 85.1 Å². The molecule has 1 heterocycles. The van der Waals surface area contributed by atoms with Crippen LogP contribution in [0.3, 0.4) is 0 Å². The van der Waals surface area contributed by atoms with Crippen LogP contribution in [0.2, 0.25) is 0 Å². The normalized spacial score (nSPS) is 9.81. The average Bonchev–Trinajstić information content (AvgIpc) is 2.50. The van der Waals surface area contributed by atoms with Gasteiger partial charge in [-0.25, -0.2) is 9.78 Å². The number of nitriles is 1. The molecule has 6 heteroatoms. The number of ether oxygens (including phenoxy) is 2. The molecule has 1 aromatic carbocycles. The van der Waals surface area contributed by atoms with Crippen LogP contribution in [0, 0.1) is 25.2 Å². The predicted octanol–water partition coefficient (Wildman–Crippen LogP) is 2.54. The van der Waals surface area contributed by atoms with Gasteiger partial charge in [-0.1, -0.05) is 0 Å². The third-order valence-electron chi connectivity index (χ3n) is 2.80. The lowest BCUT2D eigenvalue weighted by Gasteiger charge is -2.11. The molecule has 0 fully saturated rings. The van der Waals surface area contributed by atoms with Crippen molar-refractivity contribution >= 4 is 5.97 Å². The summed E-state index contributed by atoms with van der Waals surface area (Å²) in [5, 5.41) is 8.93. The Hall–Kier alpha value is -2.94. The van der Waals surface area contributed by atoms with Gasteiger partial charge in [-0.05, 0) is 37.1 Å². The zero-order chi connectivity index (χ0) is 15.4. The molecule has 0 N–H and O–H groups in total. The van der Waals surface area contributed by atoms with E-state index in [9.17, 15) is 4.79 Å². The number of rotatable bonds is 3. The molecule has 0 radical (unpaired) electrons. The van der Waals surface area contributed by atoms with Gasteiger partial charge in [-0.3, -0.25) is 4.98 Å². The highest BCUT2D eigenvalue weighted by atomic mass is 16.5. The SMILES string of the molecule is COC(=O)c1cncc(Oc2c(C)cc(C#N)cc2C)n1. The molecule has 0 aliphatic rings. The molecule has 2 aromatic rings. The number of hydrogen-bond acceptors (Lipinski definition) is 6. The van der Waals surface area contributed by atoms with E-state index in [2.05, 4.69) is 20.8 Å². The van der Waals surface area contributed by atoms with Crippen molar-refractivity contribution in [1.29, 1.82) is 5.26 Å². The van der Waals surface area contributed by atoms with E-state index in [0.29, 0.717) is 11.3 Å². The van der Waals surface area contributed by atoms with E-state index in [1.165, 1.54) is 19.5 Å². The molecule has 21 heavy (non-hydrogen) atoms. The van der Waals surface area contributed by atoms with Crippen LogP contribution in [-0.4, -0.2) is 23.0 Å². The molecule has 0 aliphatic heterocycles. The Morgan fingerprint density at radius 3 is 2.48 bits per heavy atom. The van der Waals surface area contributed by atoms with Crippen LogP contribution in [0.25, 0.3) is 0 Å². The Bertz CT molecular complexity index is 712. The van der Waals surface area contributed by atoms with Gasteiger partial charge in [0, 0.05) is 0 Å². The first-order valence-electron chi connectivity index (χ1n) is 6.14. The van der Waals surface area contributed by atoms with Gasteiger partial charge in [0.1, 0.15) is 5.75 Å². The Kier molecular flexibility index (Phi) is 4.14. The summed E-state index contributed by atoms with van der Waals surface area (Å²) >= 11 is 0. The average molecular weight is 283 g/mol. The van der Waals surface area contributed by atoms with Gasteiger partial charge in [0.05, 0.1) is 31.1 Å². The molecule has 0 saturated carbocycles. The number of benzene rings is 1. The van der Waals surface area contributed by atoms with Crippen molar-refractivity contribution in [2.24, 2.45) is 0 Å². The first-order chi connectivity index (χ1) is 10.0. The van der Waals surface area contributed by atoms with Crippen molar-refractivity contribution in [2.45, 2.75) is 13.8 Å². The van der Waals surface area contributed by atoms with Crippen LogP contribution >= 0.6 is 0 Å². The first-order valence-corrected chi connectivity index (χ1v) is 6.14. The van der Waals surface area contributed by atoms with Crippen LogP contribution in [0.5, 0.6) is 11.6 Å². The minimum Gasteiger partial charge on any atom is -0.464 e. The summed E-state index contributed by atoms with van der Waals surface area (Å²) in [6, 6.07) is 5.53. The molecular formula is C15H13N3O3. The van der Waals surface area contributed by atoms with Crippen molar-refractivity contribution < 1.29 is 14.3 Å². The lowest BCUT2D eigenvalue weighted by Crippen LogP contribution is -2.06. The maximum absolute atomic E-state index is 11.4. The summed E-state index contributed by atoms with van der Waals surface area (Å²) in [7, 11) is 1.27. The zero-order valence-corrected chi connectivity index (χ0v) is 11.9. The van der Waals surface area contributed by atoms with Crippen molar-refractivity contribution in [3.63, 3.8) is 0 Å². The van der Waals surface area contributed by atoms with E-state index >= 15 is 0 Å². The molecule has 106 valence electrons. The second-order valence-electron chi connectivity index (χ2n) is 4.39. The molecule has 0 aliphatic carbocycles. The van der Waals surface area contributed by atoms with Crippen LogP contribution < -0.4 is 4.74 Å². The predicted molar refractivity (Wildman–Crippen MR) is 74.1 cm³/mol. The number of hydrogen-bond donors (Lipinski definition) is 0. The lowest BCUT2D eigenvalue weighted by atomic mass is 10.1. The smallest absolute Gasteiger partial charge is 0.358 e. The number of nitrogens with zero attached hydrogens (tertiary/aromatic N) is 3. The molecule has 1 aromatic heterocycles. The first kappa shape index (κ1) is 14.5. The number of carbonyl (C=O) groups excluding carboxylic acids is 1. The summed E-state index contributed by atoms with van der Waals surface area (Å²) in [5.41, 5.74) is 2.24. The maximum Gasteiger partial charge on any atom is 0.358 e. The number of carbonyl (C=O) groups is 1. The summed E-state index contributed by atoms with van der Waals surface area (Å²) in [6.07, 6.45) is 2.71. The molecule has 0 saturated heterocycles. The van der Waals surface area contributed by atoms with E-state index < -0.39 is 5.97 Å². The largest absolute Gasteiger partial charge is 0.464 e. The minimum atomic E-state index is -0.582. The van der Waals surface area contributed by atoms with Crippen LogP contribution in [0.1, 0.15) is 27.2 Å². The van der Waals surface area contributed by atoms with Crippen LogP contribution in [0.4, 0.5) is 0 Å². The van der Waals surface area contributed by atoms with Crippen molar-refractivity contribution in [1.82, 2.24) is 9.97 Å².